The van der Waals surface area contributed by atoms with Gasteiger partial charge in [-0.15, -0.1) is 0 Å². The van der Waals surface area contributed by atoms with Gasteiger partial charge in [0.1, 0.15) is 20.8 Å². The van der Waals surface area contributed by atoms with E-state index in [9.17, 15) is 9.79 Å². The molecule has 10 heteroatoms. The van der Waals surface area contributed by atoms with Crippen LogP contribution in [0, 0.1) is 0 Å². The van der Waals surface area contributed by atoms with Crippen molar-refractivity contribution in [3.05, 3.63) is 10.2 Å². The van der Waals surface area contributed by atoms with Crippen molar-refractivity contribution in [1.29, 1.82) is 0 Å². The zero-order valence-corrected chi connectivity index (χ0v) is 14.1. The van der Waals surface area contributed by atoms with Gasteiger partial charge in [0.25, 0.3) is 0 Å². The van der Waals surface area contributed by atoms with Crippen LogP contribution >= 0.6 is 29.7 Å². The molecule has 1 atom stereocenters. The fraction of sp³-hybridized carbons (Fsp3) is 0.667. The van der Waals surface area contributed by atoms with Gasteiger partial charge in [0, 0.05) is 6.54 Å². The van der Waals surface area contributed by atoms with Crippen LogP contribution in [0.3, 0.4) is 0 Å². The molecule has 0 aliphatic heterocycles. The molecule has 0 bridgehead atoms. The Morgan fingerprint density at radius 2 is 2.00 bits per heavy atom. The van der Waals surface area contributed by atoms with Crippen LogP contribution in [0.4, 0.5) is 0 Å². The average Bonchev–Trinajstić information content (AvgIpc) is 2.65. The second-order valence-corrected chi connectivity index (χ2v) is 9.16. The summed E-state index contributed by atoms with van der Waals surface area (Å²) in [6, 6.07) is 0. The molecule has 19 heavy (non-hydrogen) atoms. The van der Waals surface area contributed by atoms with Crippen molar-refractivity contribution in [3.63, 3.8) is 0 Å². The van der Waals surface area contributed by atoms with Gasteiger partial charge in [0.15, 0.2) is 5.44 Å². The lowest BCUT2D eigenvalue weighted by molar-refractivity contribution is 0.325. The van der Waals surface area contributed by atoms with Crippen molar-refractivity contribution in [3.8, 4) is 0 Å². The van der Waals surface area contributed by atoms with Gasteiger partial charge in [-0.25, -0.2) is 0 Å². The highest BCUT2D eigenvalue weighted by molar-refractivity contribution is 8.26. The van der Waals surface area contributed by atoms with Crippen molar-refractivity contribution >= 4 is 45.8 Å². The van der Waals surface area contributed by atoms with E-state index in [1.165, 1.54) is 11.8 Å². The molecule has 1 aromatic rings. The van der Waals surface area contributed by atoms with Crippen LogP contribution in [-0.2, 0) is 25.5 Å². The first kappa shape index (κ1) is 17.5. The van der Waals surface area contributed by atoms with Crippen molar-refractivity contribution in [1.82, 2.24) is 9.78 Å². The third-order valence-corrected chi connectivity index (χ3v) is 7.60. The lowest BCUT2D eigenvalue weighted by Crippen LogP contribution is -2.15. The Hall–Kier alpha value is 0.410. The minimum Gasteiger partial charge on any atom is -0.342 e. The molecular weight excluding hydrogens is 334 g/mol. The summed E-state index contributed by atoms with van der Waals surface area (Å²) in [5, 5.41) is 4.28. The molecule has 0 amide bonds. The molecule has 0 aliphatic carbocycles. The first-order chi connectivity index (χ1) is 8.89. The Kier molecular flexibility index (Phi) is 6.83. The van der Waals surface area contributed by atoms with Gasteiger partial charge in [-0.1, -0.05) is 30.1 Å². The molecule has 0 radical (unpaired) electrons. The minimum absolute atomic E-state index is 0.0303. The predicted molar refractivity (Wildman–Crippen MR) is 79.5 cm³/mol. The summed E-state index contributed by atoms with van der Waals surface area (Å²) >= 11 is 12.0. The number of hydrogen-bond donors (Lipinski definition) is 2. The molecule has 0 saturated heterocycles. The fourth-order valence-electron chi connectivity index (χ4n) is 1.35. The topological polar surface area (TPSA) is 76.7 Å². The molecule has 0 spiro atoms. The fourth-order valence-corrected chi connectivity index (χ4v) is 5.84. The lowest BCUT2D eigenvalue weighted by atomic mass is 10.5. The Bertz CT molecular complexity index is 503. The Morgan fingerprint density at radius 3 is 2.47 bits per heavy atom. The monoisotopic (exact) mass is 350 g/mol. The van der Waals surface area contributed by atoms with Gasteiger partial charge >= 0.3 is 0 Å². The zero-order chi connectivity index (χ0) is 14.6. The van der Waals surface area contributed by atoms with Crippen LogP contribution in [0.2, 0.25) is 10.2 Å². The van der Waals surface area contributed by atoms with E-state index in [0.29, 0.717) is 6.54 Å². The zero-order valence-electron chi connectivity index (χ0n) is 10.8. The van der Waals surface area contributed by atoms with Gasteiger partial charge in [-0.3, -0.25) is 13.0 Å². The molecule has 2 N–H and O–H groups in total. The maximum absolute atomic E-state index is 10.3. The lowest BCUT2D eigenvalue weighted by Gasteiger charge is -2.16. The smallest absolute Gasteiger partial charge is 0.247 e. The van der Waals surface area contributed by atoms with E-state index in [1.54, 1.807) is 6.92 Å². The number of hydrogen-bond acceptors (Lipinski definition) is 3. The third kappa shape index (κ3) is 3.74. The summed E-state index contributed by atoms with van der Waals surface area (Å²) in [4.78, 5) is 20.5. The molecule has 1 rings (SSSR count). The van der Waals surface area contributed by atoms with Crippen LogP contribution in [-0.4, -0.2) is 33.3 Å². The first-order valence-corrected chi connectivity index (χ1v) is 9.72. The van der Waals surface area contributed by atoms with Gasteiger partial charge < -0.3 is 9.79 Å². The Balaban J connectivity index is 3.39. The number of halogens is 2. The van der Waals surface area contributed by atoms with Crippen molar-refractivity contribution in [2.24, 2.45) is 0 Å². The largest absolute Gasteiger partial charge is 0.342 e. The first-order valence-electron chi connectivity index (χ1n) is 5.59. The maximum Gasteiger partial charge on any atom is 0.247 e. The van der Waals surface area contributed by atoms with Crippen LogP contribution in [0.25, 0.3) is 0 Å². The predicted octanol–water partition coefficient (Wildman–Crippen LogP) is 2.10. The van der Waals surface area contributed by atoms with E-state index >= 15 is 0 Å². The molecule has 0 saturated carbocycles. The van der Waals surface area contributed by atoms with E-state index in [0.717, 1.165) is 6.42 Å². The summed E-state index contributed by atoms with van der Waals surface area (Å²) < 4.78 is 11.6. The number of aromatic nitrogens is 2. The normalized spacial score (nSPS) is 13.8. The summed E-state index contributed by atoms with van der Waals surface area (Å²) in [6.07, 6.45) is 0.793. The van der Waals surface area contributed by atoms with Crippen LogP contribution in [0.5, 0.6) is 0 Å². The van der Waals surface area contributed by atoms with Crippen molar-refractivity contribution in [2.75, 3.05) is 13.7 Å². The second kappa shape index (κ2) is 7.43. The summed E-state index contributed by atoms with van der Waals surface area (Å²) in [7, 11) is -0.167. The molecule has 6 nitrogen and oxygen atoms in total. The molecule has 1 unspecified atom stereocenters. The van der Waals surface area contributed by atoms with Crippen LogP contribution in [0.1, 0.15) is 20.3 Å². The second-order valence-electron chi connectivity index (χ2n) is 3.49. The van der Waals surface area contributed by atoms with E-state index in [-0.39, 0.29) is 22.2 Å². The van der Waals surface area contributed by atoms with Gasteiger partial charge in [0.2, 0.25) is 6.49 Å². The quantitative estimate of drug-likeness (QED) is 0.768. The highest BCUT2D eigenvalue weighted by Crippen LogP contribution is 2.44. The van der Waals surface area contributed by atoms with Gasteiger partial charge in [-0.05, 0) is 13.3 Å². The molecule has 1 heterocycles. The minimum atomic E-state index is -3.75. The summed E-state index contributed by atoms with van der Waals surface area (Å²) in [6.45, 7) is 0.736. The summed E-state index contributed by atoms with van der Waals surface area (Å²) in [5.74, 6) is 0. The molecule has 112 valence electrons. The van der Waals surface area contributed by atoms with Gasteiger partial charge in [0.05, 0.1) is 13.7 Å². The molecule has 0 aliphatic rings. The molecule has 0 fully saturated rings. The van der Waals surface area contributed by atoms with Crippen LogP contribution in [0.15, 0.2) is 0 Å². The van der Waals surface area contributed by atoms with Crippen molar-refractivity contribution in [2.45, 2.75) is 26.8 Å². The Morgan fingerprint density at radius 1 is 1.37 bits per heavy atom. The number of aryl methyl sites for hydroxylation is 1. The SMILES string of the molecule is CCCn1nc(P(O)(O)=S(OC)OCC)c(Cl)c1Cl. The molecule has 0 aromatic carbocycles. The molecular formula is C9H17Cl2N2O4PS. The van der Waals surface area contributed by atoms with E-state index in [2.05, 4.69) is 5.10 Å². The van der Waals surface area contributed by atoms with Crippen LogP contribution < -0.4 is 5.44 Å². The number of nitrogens with zero attached hydrogens (tertiary/aromatic N) is 2. The van der Waals surface area contributed by atoms with E-state index in [4.69, 9.17) is 31.6 Å². The highest BCUT2D eigenvalue weighted by Gasteiger charge is 2.30. The highest BCUT2D eigenvalue weighted by atomic mass is 35.5. The third-order valence-electron chi connectivity index (χ3n) is 2.10. The standard InChI is InChI=1S/C9H17Cl2N2O4PS/c1-4-6-13-8(11)7(10)9(12-13)18(14,15)19(16-3)17-5-2/h14-15H,4-6H2,1-3H3. The van der Waals surface area contributed by atoms with Gasteiger partial charge in [-0.2, -0.15) is 5.10 Å². The average molecular weight is 351 g/mol. The summed E-state index contributed by atoms with van der Waals surface area (Å²) in [5.41, 5.74) is -0.0637. The number of rotatable bonds is 6. The maximum atomic E-state index is 10.3. The van der Waals surface area contributed by atoms with Crippen molar-refractivity contribution < 1.29 is 18.2 Å². The molecule has 1 aromatic heterocycles. The van der Waals surface area contributed by atoms with E-state index < -0.39 is 17.1 Å². The Labute approximate surface area is 124 Å². The van der Waals surface area contributed by atoms with E-state index in [1.807, 2.05) is 6.92 Å².